The Labute approximate surface area is 175 Å². The number of nitrogens with one attached hydrogen (secondary N) is 1. The quantitative estimate of drug-likeness (QED) is 0.660. The number of halogens is 1. The fourth-order valence-electron chi connectivity index (χ4n) is 3.44. The third-order valence-corrected chi connectivity index (χ3v) is 7.18. The van der Waals surface area contributed by atoms with Gasteiger partial charge in [-0.2, -0.15) is 0 Å². The van der Waals surface area contributed by atoms with Crippen LogP contribution in [0.4, 0.5) is 11.4 Å². The normalized spacial score (nSPS) is 13.2. The molecule has 1 aliphatic rings. The maximum Gasteiger partial charge on any atom is 0.265 e. The van der Waals surface area contributed by atoms with Gasteiger partial charge in [0.2, 0.25) is 0 Å². The van der Waals surface area contributed by atoms with Gasteiger partial charge in [0.1, 0.15) is 4.90 Å². The monoisotopic (exact) mass is 426 g/mol. The fourth-order valence-corrected chi connectivity index (χ4v) is 5.45. The van der Waals surface area contributed by atoms with Gasteiger partial charge in [-0.3, -0.25) is 9.10 Å². The zero-order chi connectivity index (χ0) is 20.6. The number of fused-ring (bicyclic) bond motifs is 1. The Morgan fingerprint density at radius 2 is 1.83 bits per heavy atom. The first-order chi connectivity index (χ1) is 13.9. The molecular formula is C22H19ClN2O3S. The van der Waals surface area contributed by atoms with Crippen LogP contribution in [0.1, 0.15) is 21.5 Å². The van der Waals surface area contributed by atoms with Gasteiger partial charge in [-0.25, -0.2) is 8.42 Å². The van der Waals surface area contributed by atoms with E-state index in [1.54, 1.807) is 18.2 Å². The van der Waals surface area contributed by atoms with Crippen molar-refractivity contribution in [1.29, 1.82) is 0 Å². The molecule has 0 unspecified atom stereocenters. The second-order valence-electron chi connectivity index (χ2n) is 6.92. The lowest BCUT2D eigenvalue weighted by molar-refractivity contribution is 0.102. The average Bonchev–Trinajstić information content (AvgIpc) is 3.13. The minimum Gasteiger partial charge on any atom is -0.322 e. The maximum atomic E-state index is 13.3. The SMILES string of the molecule is Cc1cccc(NC(=O)c2ccc(Cl)c(S(=O)(=O)N3CCc4ccccc43)c2)c1. The standard InChI is InChI=1S/C22H19ClN2O3S/c1-15-5-4-7-18(13-15)24-22(26)17-9-10-19(23)21(14-17)29(27,28)25-12-11-16-6-2-3-8-20(16)25/h2-10,13-14H,11-12H2,1H3,(H,24,26). The Morgan fingerprint density at radius 3 is 2.62 bits per heavy atom. The van der Waals surface area contributed by atoms with Crippen molar-refractivity contribution in [3.8, 4) is 0 Å². The number of nitrogens with zero attached hydrogens (tertiary/aromatic N) is 1. The molecule has 0 saturated carbocycles. The molecule has 1 aliphatic heterocycles. The zero-order valence-corrected chi connectivity index (χ0v) is 17.3. The van der Waals surface area contributed by atoms with Crippen molar-refractivity contribution in [3.63, 3.8) is 0 Å². The van der Waals surface area contributed by atoms with Crippen LogP contribution in [0, 0.1) is 6.92 Å². The smallest absolute Gasteiger partial charge is 0.265 e. The minimum atomic E-state index is -3.90. The van der Waals surface area contributed by atoms with Gasteiger partial charge < -0.3 is 5.32 Å². The van der Waals surface area contributed by atoms with Crippen LogP contribution < -0.4 is 9.62 Å². The molecule has 0 atom stereocenters. The molecule has 5 nitrogen and oxygen atoms in total. The lowest BCUT2D eigenvalue weighted by Gasteiger charge is -2.20. The van der Waals surface area contributed by atoms with Crippen LogP contribution in [0.15, 0.2) is 71.6 Å². The number of rotatable bonds is 4. The Kier molecular flexibility index (Phi) is 5.06. The first kappa shape index (κ1) is 19.5. The van der Waals surface area contributed by atoms with E-state index >= 15 is 0 Å². The van der Waals surface area contributed by atoms with Crippen LogP contribution in [0.5, 0.6) is 0 Å². The van der Waals surface area contributed by atoms with Crippen LogP contribution >= 0.6 is 11.6 Å². The van der Waals surface area contributed by atoms with E-state index in [9.17, 15) is 13.2 Å². The van der Waals surface area contributed by atoms with Gasteiger partial charge in [-0.15, -0.1) is 0 Å². The molecule has 3 aromatic rings. The first-order valence-electron chi connectivity index (χ1n) is 9.14. The number of amides is 1. The Bertz CT molecular complexity index is 1210. The highest BCUT2D eigenvalue weighted by Crippen LogP contribution is 2.35. The van der Waals surface area contributed by atoms with Crippen LogP contribution in [0.2, 0.25) is 5.02 Å². The van der Waals surface area contributed by atoms with E-state index in [1.165, 1.54) is 22.5 Å². The number of anilines is 2. The molecule has 0 aromatic heterocycles. The molecule has 3 aromatic carbocycles. The van der Waals surface area contributed by atoms with E-state index in [0.29, 0.717) is 24.3 Å². The van der Waals surface area contributed by atoms with Crippen molar-refractivity contribution in [2.45, 2.75) is 18.2 Å². The maximum absolute atomic E-state index is 13.3. The average molecular weight is 427 g/mol. The summed E-state index contributed by atoms with van der Waals surface area (Å²) in [5, 5.41) is 2.88. The predicted octanol–water partition coefficient (Wildman–Crippen LogP) is 4.65. The van der Waals surface area contributed by atoms with Crippen molar-refractivity contribution >= 4 is 38.9 Å². The molecule has 1 amide bonds. The van der Waals surface area contributed by atoms with Crippen LogP contribution in [0.3, 0.4) is 0 Å². The number of aryl methyl sites for hydroxylation is 1. The van der Waals surface area contributed by atoms with Gasteiger partial charge in [0.25, 0.3) is 15.9 Å². The topological polar surface area (TPSA) is 66.5 Å². The highest BCUT2D eigenvalue weighted by atomic mass is 35.5. The number of carbonyl (C=O) groups excluding carboxylic acids is 1. The van der Waals surface area contributed by atoms with Gasteiger partial charge in [0, 0.05) is 17.8 Å². The second-order valence-corrected chi connectivity index (χ2v) is 9.16. The summed E-state index contributed by atoms with van der Waals surface area (Å²) in [6.45, 7) is 2.27. The minimum absolute atomic E-state index is 0.0761. The summed E-state index contributed by atoms with van der Waals surface area (Å²) in [4.78, 5) is 12.6. The van der Waals surface area contributed by atoms with Gasteiger partial charge in [-0.1, -0.05) is 41.9 Å². The molecule has 1 heterocycles. The molecule has 7 heteroatoms. The third-order valence-electron chi connectivity index (χ3n) is 4.88. The number of benzene rings is 3. The number of carbonyl (C=O) groups is 1. The highest BCUT2D eigenvalue weighted by molar-refractivity contribution is 7.93. The Hall–Kier alpha value is -2.83. The number of hydrogen-bond acceptors (Lipinski definition) is 3. The van der Waals surface area contributed by atoms with E-state index in [0.717, 1.165) is 11.1 Å². The van der Waals surface area contributed by atoms with E-state index in [2.05, 4.69) is 5.32 Å². The molecular weight excluding hydrogens is 408 g/mol. The summed E-state index contributed by atoms with van der Waals surface area (Å²) >= 11 is 6.23. The van der Waals surface area contributed by atoms with Crippen LogP contribution in [0.25, 0.3) is 0 Å². The predicted molar refractivity (Wildman–Crippen MR) is 115 cm³/mol. The molecule has 0 saturated heterocycles. The van der Waals surface area contributed by atoms with Crippen molar-refractivity contribution in [2.75, 3.05) is 16.2 Å². The number of sulfonamides is 1. The van der Waals surface area contributed by atoms with Crippen molar-refractivity contribution in [2.24, 2.45) is 0 Å². The molecule has 0 radical (unpaired) electrons. The lowest BCUT2D eigenvalue weighted by Crippen LogP contribution is -2.29. The van der Waals surface area contributed by atoms with E-state index in [1.807, 2.05) is 37.3 Å². The summed E-state index contributed by atoms with van der Waals surface area (Å²) in [7, 11) is -3.90. The van der Waals surface area contributed by atoms with Crippen molar-refractivity contribution < 1.29 is 13.2 Å². The number of hydrogen-bond donors (Lipinski definition) is 1. The van der Waals surface area contributed by atoms with E-state index in [-0.39, 0.29) is 15.5 Å². The molecule has 29 heavy (non-hydrogen) atoms. The van der Waals surface area contributed by atoms with Crippen LogP contribution in [-0.2, 0) is 16.4 Å². The second kappa shape index (κ2) is 7.54. The van der Waals surface area contributed by atoms with Gasteiger partial charge in [0.15, 0.2) is 0 Å². The van der Waals surface area contributed by atoms with Gasteiger partial charge >= 0.3 is 0 Å². The lowest BCUT2D eigenvalue weighted by atomic mass is 10.2. The molecule has 1 N–H and O–H groups in total. The molecule has 0 bridgehead atoms. The largest absolute Gasteiger partial charge is 0.322 e. The summed E-state index contributed by atoms with van der Waals surface area (Å²) in [5.74, 6) is -0.398. The Balaban J connectivity index is 1.67. The first-order valence-corrected chi connectivity index (χ1v) is 11.0. The van der Waals surface area contributed by atoms with Crippen molar-refractivity contribution in [3.05, 3.63) is 88.4 Å². The van der Waals surface area contributed by atoms with Gasteiger partial charge in [0.05, 0.1) is 10.7 Å². The fraction of sp³-hybridized carbons (Fsp3) is 0.136. The van der Waals surface area contributed by atoms with Crippen LogP contribution in [-0.4, -0.2) is 20.9 Å². The zero-order valence-electron chi connectivity index (χ0n) is 15.7. The summed E-state index contributed by atoms with van der Waals surface area (Å²) in [5.41, 5.74) is 3.50. The Morgan fingerprint density at radius 1 is 1.03 bits per heavy atom. The number of para-hydroxylation sites is 1. The molecule has 0 aliphatic carbocycles. The third kappa shape index (κ3) is 3.73. The van der Waals surface area contributed by atoms with E-state index in [4.69, 9.17) is 11.6 Å². The molecule has 4 rings (SSSR count). The molecule has 148 valence electrons. The van der Waals surface area contributed by atoms with E-state index < -0.39 is 15.9 Å². The highest BCUT2D eigenvalue weighted by Gasteiger charge is 2.32. The summed E-state index contributed by atoms with van der Waals surface area (Å²) < 4.78 is 28.0. The summed E-state index contributed by atoms with van der Waals surface area (Å²) in [6.07, 6.45) is 0.639. The molecule has 0 fully saturated rings. The van der Waals surface area contributed by atoms with Crippen molar-refractivity contribution in [1.82, 2.24) is 0 Å². The van der Waals surface area contributed by atoms with Gasteiger partial charge in [-0.05, 0) is 60.9 Å². The molecule has 0 spiro atoms. The summed E-state index contributed by atoms with van der Waals surface area (Å²) in [6, 6.07) is 19.1.